The molecule has 0 saturated carbocycles. The third kappa shape index (κ3) is 1.84. The van der Waals surface area contributed by atoms with E-state index in [4.69, 9.17) is 5.73 Å². The van der Waals surface area contributed by atoms with Crippen LogP contribution in [0.3, 0.4) is 0 Å². The van der Waals surface area contributed by atoms with Gasteiger partial charge in [-0.25, -0.2) is 0 Å². The number of benzene rings is 1. The predicted molar refractivity (Wildman–Crippen MR) is 70.0 cm³/mol. The summed E-state index contributed by atoms with van der Waals surface area (Å²) < 4.78 is 0. The Morgan fingerprint density at radius 2 is 2.17 bits per heavy atom. The number of fused-ring (bicyclic) bond motifs is 1. The molecule has 1 atom stereocenters. The number of para-hydroxylation sites is 1. The summed E-state index contributed by atoms with van der Waals surface area (Å²) in [6.07, 6.45) is 2.63. The highest BCUT2D eigenvalue weighted by atomic mass is 16.2. The Labute approximate surface area is 105 Å². The molecule has 1 saturated heterocycles. The largest absolute Gasteiger partial charge is 0.339 e. The van der Waals surface area contributed by atoms with E-state index < -0.39 is 0 Å². The predicted octanol–water partition coefficient (Wildman–Crippen LogP) is 0.947. The van der Waals surface area contributed by atoms with Crippen LogP contribution >= 0.6 is 0 Å². The molecular formula is C14H15N3O. The van der Waals surface area contributed by atoms with E-state index >= 15 is 0 Å². The molecule has 2 N–H and O–H groups in total. The van der Waals surface area contributed by atoms with E-state index in [-0.39, 0.29) is 11.9 Å². The van der Waals surface area contributed by atoms with Crippen molar-refractivity contribution in [2.75, 3.05) is 13.1 Å². The molecule has 0 bridgehead atoms. The number of aromatic nitrogens is 1. The van der Waals surface area contributed by atoms with E-state index in [1.807, 2.05) is 12.1 Å². The molecule has 1 unspecified atom stereocenters. The quantitative estimate of drug-likeness (QED) is 0.814. The van der Waals surface area contributed by atoms with E-state index in [2.05, 4.69) is 23.2 Å². The number of β-lactam (4-membered cyclic amide) rings is 1. The molecule has 1 fully saturated rings. The molecule has 92 valence electrons. The molecule has 1 aromatic carbocycles. The van der Waals surface area contributed by atoms with Gasteiger partial charge in [0.2, 0.25) is 5.91 Å². The van der Waals surface area contributed by atoms with Gasteiger partial charge < -0.3 is 10.6 Å². The van der Waals surface area contributed by atoms with Crippen molar-refractivity contribution in [1.29, 1.82) is 0 Å². The molecule has 2 heterocycles. The van der Waals surface area contributed by atoms with E-state index in [0.717, 1.165) is 23.9 Å². The summed E-state index contributed by atoms with van der Waals surface area (Å²) in [4.78, 5) is 17.6. The summed E-state index contributed by atoms with van der Waals surface area (Å²) in [5, 5.41) is 1.14. The lowest BCUT2D eigenvalue weighted by molar-refractivity contribution is -0.142. The molecule has 0 radical (unpaired) electrons. The molecule has 1 amide bonds. The number of carbonyl (C=O) groups is 1. The fraction of sp³-hybridized carbons (Fsp3) is 0.286. The lowest BCUT2D eigenvalue weighted by Gasteiger charge is -2.36. The van der Waals surface area contributed by atoms with Gasteiger partial charge in [-0.15, -0.1) is 0 Å². The second-order valence-electron chi connectivity index (χ2n) is 4.63. The van der Waals surface area contributed by atoms with E-state index in [9.17, 15) is 4.79 Å². The number of likely N-dealkylation sites (tertiary alicyclic amines) is 1. The number of hydrogen-bond donors (Lipinski definition) is 1. The third-order valence-electron chi connectivity index (χ3n) is 3.41. The van der Waals surface area contributed by atoms with E-state index in [1.165, 1.54) is 5.56 Å². The number of nitrogens with two attached hydrogens (primary N) is 1. The monoisotopic (exact) mass is 241 g/mol. The maximum atomic E-state index is 11.4. The third-order valence-corrected chi connectivity index (χ3v) is 3.41. The maximum Gasteiger partial charge on any atom is 0.241 e. The highest BCUT2D eigenvalue weighted by molar-refractivity contribution is 5.87. The van der Waals surface area contributed by atoms with Gasteiger partial charge in [0.15, 0.2) is 0 Å². The van der Waals surface area contributed by atoms with Gasteiger partial charge in [0.05, 0.1) is 5.52 Å². The summed E-state index contributed by atoms with van der Waals surface area (Å²) in [6, 6.07) is 9.86. The zero-order valence-electron chi connectivity index (χ0n) is 10.0. The summed E-state index contributed by atoms with van der Waals surface area (Å²) in [5.74, 6) is 0.0585. The van der Waals surface area contributed by atoms with Gasteiger partial charge in [-0.05, 0) is 18.1 Å². The molecule has 1 aromatic heterocycles. The Balaban J connectivity index is 1.77. The zero-order chi connectivity index (χ0) is 12.5. The summed E-state index contributed by atoms with van der Waals surface area (Å²) in [5.41, 5.74) is 7.78. The first-order valence-electron chi connectivity index (χ1n) is 6.13. The van der Waals surface area contributed by atoms with Gasteiger partial charge in [0.25, 0.3) is 0 Å². The highest BCUT2D eigenvalue weighted by Crippen LogP contribution is 2.17. The molecular weight excluding hydrogens is 226 g/mol. The van der Waals surface area contributed by atoms with Gasteiger partial charge in [0, 0.05) is 24.7 Å². The average molecular weight is 241 g/mol. The van der Waals surface area contributed by atoms with Crippen LogP contribution in [0.15, 0.2) is 36.5 Å². The van der Waals surface area contributed by atoms with Crippen LogP contribution in [0, 0.1) is 0 Å². The number of pyridine rings is 1. The standard InChI is InChI=1S/C14H15N3O/c15-12-9-17(14(12)18)8-6-11-4-1-3-10-5-2-7-16-13(10)11/h1-5,7,12H,6,8-9,15H2. The Morgan fingerprint density at radius 3 is 2.94 bits per heavy atom. The number of amides is 1. The smallest absolute Gasteiger partial charge is 0.241 e. The van der Waals surface area contributed by atoms with Gasteiger partial charge in [-0.3, -0.25) is 9.78 Å². The Hall–Kier alpha value is -1.94. The number of nitrogens with zero attached hydrogens (tertiary/aromatic N) is 2. The van der Waals surface area contributed by atoms with Crippen LogP contribution in [0.2, 0.25) is 0 Å². The lowest BCUT2D eigenvalue weighted by atomic mass is 10.0. The number of carbonyl (C=O) groups excluding carboxylic acids is 1. The second kappa shape index (κ2) is 4.38. The van der Waals surface area contributed by atoms with Crippen molar-refractivity contribution in [2.24, 2.45) is 5.73 Å². The molecule has 0 aliphatic carbocycles. The summed E-state index contributed by atoms with van der Waals surface area (Å²) in [6.45, 7) is 1.40. The molecule has 1 aliphatic rings. The minimum absolute atomic E-state index is 0.0585. The minimum atomic E-state index is -0.282. The Bertz CT molecular complexity index is 591. The second-order valence-corrected chi connectivity index (χ2v) is 4.63. The van der Waals surface area contributed by atoms with Gasteiger partial charge in [-0.2, -0.15) is 0 Å². The van der Waals surface area contributed by atoms with E-state index in [0.29, 0.717) is 6.54 Å². The first kappa shape index (κ1) is 11.2. The summed E-state index contributed by atoms with van der Waals surface area (Å²) in [7, 11) is 0. The van der Waals surface area contributed by atoms with Crippen LogP contribution in [0.25, 0.3) is 10.9 Å². The normalized spacial score (nSPS) is 19.1. The van der Waals surface area contributed by atoms with E-state index in [1.54, 1.807) is 11.1 Å². The first-order valence-corrected chi connectivity index (χ1v) is 6.13. The van der Waals surface area contributed by atoms with Crippen molar-refractivity contribution in [3.05, 3.63) is 42.1 Å². The number of rotatable bonds is 3. The van der Waals surface area contributed by atoms with Crippen LogP contribution in [0.1, 0.15) is 5.56 Å². The van der Waals surface area contributed by atoms with Gasteiger partial charge >= 0.3 is 0 Å². The van der Waals surface area contributed by atoms with Crippen molar-refractivity contribution in [2.45, 2.75) is 12.5 Å². The molecule has 4 nitrogen and oxygen atoms in total. The zero-order valence-corrected chi connectivity index (χ0v) is 10.0. The minimum Gasteiger partial charge on any atom is -0.339 e. The molecule has 1 aliphatic heterocycles. The van der Waals surface area contributed by atoms with Gasteiger partial charge in [-0.1, -0.05) is 24.3 Å². The molecule has 0 spiro atoms. The average Bonchev–Trinajstić information content (AvgIpc) is 2.43. The maximum absolute atomic E-state index is 11.4. The Morgan fingerprint density at radius 1 is 1.33 bits per heavy atom. The van der Waals surface area contributed by atoms with Crippen molar-refractivity contribution in [3.8, 4) is 0 Å². The van der Waals surface area contributed by atoms with Crippen molar-refractivity contribution >= 4 is 16.8 Å². The first-order chi connectivity index (χ1) is 8.75. The lowest BCUT2D eigenvalue weighted by Crippen LogP contribution is -2.61. The van der Waals surface area contributed by atoms with Gasteiger partial charge in [0.1, 0.15) is 6.04 Å². The van der Waals surface area contributed by atoms with Crippen molar-refractivity contribution in [3.63, 3.8) is 0 Å². The molecule has 18 heavy (non-hydrogen) atoms. The highest BCUT2D eigenvalue weighted by Gasteiger charge is 2.32. The SMILES string of the molecule is NC1CN(CCc2cccc3cccnc23)C1=O. The van der Waals surface area contributed by atoms with Crippen molar-refractivity contribution < 1.29 is 4.79 Å². The summed E-state index contributed by atoms with van der Waals surface area (Å²) >= 11 is 0. The Kier molecular flexibility index (Phi) is 2.72. The van der Waals surface area contributed by atoms with Crippen LogP contribution in [-0.4, -0.2) is 34.9 Å². The van der Waals surface area contributed by atoms with Crippen LogP contribution < -0.4 is 5.73 Å². The fourth-order valence-electron chi connectivity index (χ4n) is 2.35. The topological polar surface area (TPSA) is 59.2 Å². The fourth-order valence-corrected chi connectivity index (χ4v) is 2.35. The van der Waals surface area contributed by atoms with Crippen molar-refractivity contribution in [1.82, 2.24) is 9.88 Å². The van der Waals surface area contributed by atoms with Crippen LogP contribution in [-0.2, 0) is 11.2 Å². The number of hydrogen-bond acceptors (Lipinski definition) is 3. The molecule has 2 aromatic rings. The van der Waals surface area contributed by atoms with Crippen LogP contribution in [0.5, 0.6) is 0 Å². The molecule has 3 rings (SSSR count). The molecule has 4 heteroatoms. The van der Waals surface area contributed by atoms with Crippen LogP contribution in [0.4, 0.5) is 0 Å².